The molecule has 20 heavy (non-hydrogen) atoms. The number of benzene rings is 1. The first-order valence-electron chi connectivity index (χ1n) is 6.97. The van der Waals surface area contributed by atoms with Gasteiger partial charge in [0.05, 0.1) is 11.0 Å². The maximum absolute atomic E-state index is 11.2. The van der Waals surface area contributed by atoms with Gasteiger partial charge in [-0.05, 0) is 36.5 Å². The van der Waals surface area contributed by atoms with Crippen LogP contribution in [0.3, 0.4) is 0 Å². The average Bonchev–Trinajstić information content (AvgIpc) is 2.75. The van der Waals surface area contributed by atoms with Crippen LogP contribution in [-0.4, -0.2) is 28.2 Å². The maximum Gasteiger partial charge on any atom is 0.323 e. The summed E-state index contributed by atoms with van der Waals surface area (Å²) < 4.78 is 0. The molecule has 2 aromatic rings. The van der Waals surface area contributed by atoms with Crippen molar-refractivity contribution >= 4 is 11.0 Å². The number of rotatable bonds is 6. The Balaban J connectivity index is 2.07. The number of hydrogen-bond acceptors (Lipinski definition) is 3. The summed E-state index contributed by atoms with van der Waals surface area (Å²) in [6, 6.07) is 6.11. The molecule has 110 valence electrons. The molecule has 0 aliphatic rings. The van der Waals surface area contributed by atoms with Gasteiger partial charge in [0.25, 0.3) is 0 Å². The first-order valence-corrected chi connectivity index (χ1v) is 6.97. The molecule has 1 aromatic carbocycles. The molecule has 1 heterocycles. The molecule has 1 unspecified atom stereocenters. The summed E-state index contributed by atoms with van der Waals surface area (Å²) in [7, 11) is 0. The van der Waals surface area contributed by atoms with Crippen molar-refractivity contribution in [3.05, 3.63) is 34.2 Å². The van der Waals surface area contributed by atoms with Gasteiger partial charge in [-0.3, -0.25) is 0 Å². The predicted molar refractivity (Wildman–Crippen MR) is 80.8 cm³/mol. The van der Waals surface area contributed by atoms with Crippen molar-refractivity contribution in [2.45, 2.75) is 33.2 Å². The third-order valence-corrected chi connectivity index (χ3v) is 3.72. The smallest absolute Gasteiger partial charge is 0.323 e. The third kappa shape index (κ3) is 3.49. The van der Waals surface area contributed by atoms with Gasteiger partial charge >= 0.3 is 5.69 Å². The van der Waals surface area contributed by atoms with Crippen LogP contribution in [0, 0.1) is 5.41 Å². The summed E-state index contributed by atoms with van der Waals surface area (Å²) in [5.74, 6) is 0. The Labute approximate surface area is 118 Å². The van der Waals surface area contributed by atoms with Crippen molar-refractivity contribution in [1.82, 2.24) is 15.3 Å². The van der Waals surface area contributed by atoms with Crippen LogP contribution in [-0.2, 0) is 0 Å². The van der Waals surface area contributed by atoms with Crippen molar-refractivity contribution in [3.8, 4) is 0 Å². The maximum atomic E-state index is 11.2. The van der Waals surface area contributed by atoms with Crippen molar-refractivity contribution in [2.75, 3.05) is 13.2 Å². The second kappa shape index (κ2) is 5.81. The fourth-order valence-corrected chi connectivity index (χ4v) is 2.26. The lowest BCUT2D eigenvalue weighted by molar-refractivity contribution is 0.204. The lowest BCUT2D eigenvalue weighted by Crippen LogP contribution is -2.32. The molecule has 2 rings (SSSR count). The second-order valence-corrected chi connectivity index (χ2v) is 6.12. The Morgan fingerprint density at radius 3 is 2.70 bits per heavy atom. The van der Waals surface area contributed by atoms with E-state index in [9.17, 15) is 4.79 Å². The minimum absolute atomic E-state index is 0.0650. The molecule has 4 N–H and O–H groups in total. The summed E-state index contributed by atoms with van der Waals surface area (Å²) in [5.41, 5.74) is 2.67. The Morgan fingerprint density at radius 1 is 1.30 bits per heavy atom. The van der Waals surface area contributed by atoms with Gasteiger partial charge in [0.1, 0.15) is 0 Å². The highest BCUT2D eigenvalue weighted by Crippen LogP contribution is 2.21. The van der Waals surface area contributed by atoms with E-state index in [-0.39, 0.29) is 23.8 Å². The Kier molecular flexibility index (Phi) is 4.30. The van der Waals surface area contributed by atoms with Crippen molar-refractivity contribution in [1.29, 1.82) is 0 Å². The summed E-state index contributed by atoms with van der Waals surface area (Å²) in [6.45, 7) is 7.41. The van der Waals surface area contributed by atoms with Gasteiger partial charge in [-0.2, -0.15) is 0 Å². The summed E-state index contributed by atoms with van der Waals surface area (Å²) in [4.78, 5) is 16.8. The number of aromatic nitrogens is 2. The predicted octanol–water partition coefficient (Wildman–Crippen LogP) is 1.92. The van der Waals surface area contributed by atoms with Gasteiger partial charge in [-0.1, -0.05) is 19.9 Å². The van der Waals surface area contributed by atoms with Crippen LogP contribution in [0.1, 0.15) is 38.8 Å². The number of fused-ring (bicyclic) bond motifs is 1. The highest BCUT2D eigenvalue weighted by molar-refractivity contribution is 5.75. The summed E-state index contributed by atoms with van der Waals surface area (Å²) in [5, 5.41) is 12.5. The normalized spacial score (nSPS) is 13.8. The first-order chi connectivity index (χ1) is 9.41. The molecule has 0 saturated carbocycles. The molecule has 0 saturated heterocycles. The van der Waals surface area contributed by atoms with Crippen molar-refractivity contribution in [2.24, 2.45) is 5.41 Å². The second-order valence-electron chi connectivity index (χ2n) is 6.12. The van der Waals surface area contributed by atoms with E-state index in [4.69, 9.17) is 5.11 Å². The number of imidazole rings is 1. The molecule has 0 aliphatic carbocycles. The largest absolute Gasteiger partial charge is 0.396 e. The number of H-pyrrole nitrogens is 2. The zero-order valence-electron chi connectivity index (χ0n) is 12.3. The lowest BCUT2D eigenvalue weighted by atomic mass is 9.89. The molecule has 0 spiro atoms. The highest BCUT2D eigenvalue weighted by Gasteiger charge is 2.18. The minimum atomic E-state index is -0.179. The number of aromatic amines is 2. The Bertz CT molecular complexity index is 627. The van der Waals surface area contributed by atoms with Crippen LogP contribution in [0.4, 0.5) is 0 Å². The van der Waals surface area contributed by atoms with Gasteiger partial charge in [0.15, 0.2) is 0 Å². The Morgan fingerprint density at radius 2 is 2.00 bits per heavy atom. The van der Waals surface area contributed by atoms with Crippen LogP contribution in [0.25, 0.3) is 11.0 Å². The molecule has 0 fully saturated rings. The molecular formula is C15H23N3O2. The molecule has 0 amide bonds. The molecule has 0 radical (unpaired) electrons. The van der Waals surface area contributed by atoms with Crippen LogP contribution >= 0.6 is 0 Å². The fourth-order valence-electron chi connectivity index (χ4n) is 2.26. The van der Waals surface area contributed by atoms with Gasteiger partial charge in [0, 0.05) is 19.2 Å². The van der Waals surface area contributed by atoms with Crippen LogP contribution in [0.5, 0.6) is 0 Å². The average molecular weight is 277 g/mol. The molecule has 1 atom stereocenters. The van der Waals surface area contributed by atoms with E-state index in [0.717, 1.165) is 29.6 Å². The summed E-state index contributed by atoms with van der Waals surface area (Å²) >= 11 is 0. The number of hydrogen-bond donors (Lipinski definition) is 4. The lowest BCUT2D eigenvalue weighted by Gasteiger charge is -2.26. The van der Waals surface area contributed by atoms with E-state index in [1.54, 1.807) is 0 Å². The molecule has 1 aromatic heterocycles. The summed E-state index contributed by atoms with van der Waals surface area (Å²) in [6.07, 6.45) is 0.775. The van der Waals surface area contributed by atoms with Crippen molar-refractivity contribution < 1.29 is 5.11 Å². The first kappa shape index (κ1) is 14.8. The Hall–Kier alpha value is -1.59. The third-order valence-electron chi connectivity index (χ3n) is 3.72. The fraction of sp³-hybridized carbons (Fsp3) is 0.533. The monoisotopic (exact) mass is 277 g/mol. The van der Waals surface area contributed by atoms with Gasteiger partial charge < -0.3 is 20.4 Å². The van der Waals surface area contributed by atoms with Gasteiger partial charge in [-0.25, -0.2) is 4.79 Å². The van der Waals surface area contributed by atoms with Crippen LogP contribution < -0.4 is 11.0 Å². The highest BCUT2D eigenvalue weighted by atomic mass is 16.3. The molecule has 0 aliphatic heterocycles. The van der Waals surface area contributed by atoms with E-state index in [1.165, 1.54) is 0 Å². The van der Waals surface area contributed by atoms with Crippen LogP contribution in [0.15, 0.2) is 23.0 Å². The standard InChI is InChI=1S/C15H23N3O2/c1-10(16-9-15(2,3)6-7-19)11-4-5-12-13(8-11)18-14(20)17-12/h4-5,8,10,16,19H,6-7,9H2,1-3H3,(H2,17,18,20). The van der Waals surface area contributed by atoms with Crippen LogP contribution in [0.2, 0.25) is 0 Å². The van der Waals surface area contributed by atoms with Gasteiger partial charge in [-0.15, -0.1) is 0 Å². The number of aliphatic hydroxyl groups excluding tert-OH is 1. The van der Waals surface area contributed by atoms with Crippen molar-refractivity contribution in [3.63, 3.8) is 0 Å². The number of aliphatic hydroxyl groups is 1. The van der Waals surface area contributed by atoms with E-state index in [2.05, 4.69) is 36.1 Å². The van der Waals surface area contributed by atoms with E-state index < -0.39 is 0 Å². The quantitative estimate of drug-likeness (QED) is 0.651. The molecule has 5 heteroatoms. The molecule has 0 bridgehead atoms. The van der Waals surface area contributed by atoms with E-state index >= 15 is 0 Å². The number of nitrogens with one attached hydrogen (secondary N) is 3. The van der Waals surface area contributed by atoms with E-state index in [1.807, 2.05) is 18.2 Å². The van der Waals surface area contributed by atoms with Gasteiger partial charge in [0.2, 0.25) is 0 Å². The zero-order valence-corrected chi connectivity index (χ0v) is 12.3. The molecular weight excluding hydrogens is 254 g/mol. The topological polar surface area (TPSA) is 80.9 Å². The molecule has 5 nitrogen and oxygen atoms in total. The zero-order chi connectivity index (χ0) is 14.8. The minimum Gasteiger partial charge on any atom is -0.396 e. The SMILES string of the molecule is CC(NCC(C)(C)CCO)c1ccc2[nH]c(=O)[nH]c2c1. The van der Waals surface area contributed by atoms with E-state index in [0.29, 0.717) is 0 Å².